The van der Waals surface area contributed by atoms with E-state index in [1.807, 2.05) is 0 Å². The smallest absolute Gasteiger partial charge is 0.416 e. The zero-order valence-corrected chi connectivity index (χ0v) is 16.1. The largest absolute Gasteiger partial charge is 0.465 e. The fourth-order valence-electron chi connectivity index (χ4n) is 2.06. The van der Waals surface area contributed by atoms with Gasteiger partial charge in [-0.25, -0.2) is 4.79 Å². The monoisotopic (exact) mass is 439 g/mol. The van der Waals surface area contributed by atoms with Gasteiger partial charge in [0.1, 0.15) is 6.54 Å². The van der Waals surface area contributed by atoms with Gasteiger partial charge in [0, 0.05) is 6.07 Å². The van der Waals surface area contributed by atoms with E-state index in [9.17, 15) is 22.8 Å². The molecule has 1 heterocycles. The Morgan fingerprint density at radius 2 is 1.82 bits per heavy atom. The molecule has 28 heavy (non-hydrogen) atoms. The number of hydrogen-bond donors (Lipinski definition) is 1. The van der Waals surface area contributed by atoms with Crippen LogP contribution in [0.15, 0.2) is 18.2 Å². The first-order chi connectivity index (χ1) is 13.0. The number of halogens is 5. The fourth-order valence-corrected chi connectivity index (χ4v) is 2.63. The zero-order chi connectivity index (χ0) is 21.1. The van der Waals surface area contributed by atoms with E-state index in [0.29, 0.717) is 17.8 Å². The van der Waals surface area contributed by atoms with Gasteiger partial charge in [-0.15, -0.1) is 5.10 Å². The molecule has 2 aromatic rings. The number of alkyl halides is 3. The molecule has 1 aromatic carbocycles. The summed E-state index contributed by atoms with van der Waals surface area (Å²) in [4.78, 5) is 23.4. The molecule has 152 valence electrons. The molecule has 0 radical (unpaired) electrons. The Kier molecular flexibility index (Phi) is 6.78. The van der Waals surface area contributed by atoms with Gasteiger partial charge < -0.3 is 14.8 Å². The maximum Gasteiger partial charge on any atom is 0.416 e. The second-order valence-corrected chi connectivity index (χ2v) is 6.18. The number of carbonyl (C=O) groups excluding carboxylic acids is 2. The van der Waals surface area contributed by atoms with Crippen LogP contribution in [0.25, 0.3) is 0 Å². The standard InChI is InChI=1S/C16H14Cl2F3N3O4/c1-3-27-13(25)7-22-15(26)24-8(2)4-12(23-24)28-14-10(17)5-9(6-11(14)18)16(19,20)21/h4-6H,3,7H2,1-2H3,(H,22,26). The number of hydrogen-bond acceptors (Lipinski definition) is 5. The van der Waals surface area contributed by atoms with Crippen molar-refractivity contribution in [2.75, 3.05) is 13.2 Å². The summed E-state index contributed by atoms with van der Waals surface area (Å²) in [5, 5.41) is 5.42. The van der Waals surface area contributed by atoms with Crippen molar-refractivity contribution in [2.24, 2.45) is 0 Å². The number of amides is 1. The third-order valence-corrected chi connectivity index (χ3v) is 3.84. The minimum Gasteiger partial charge on any atom is -0.465 e. The first-order valence-electron chi connectivity index (χ1n) is 7.77. The lowest BCUT2D eigenvalue weighted by Crippen LogP contribution is -2.35. The number of aryl methyl sites for hydroxylation is 1. The molecule has 0 fully saturated rings. The summed E-state index contributed by atoms with van der Waals surface area (Å²) in [5.41, 5.74) is -0.703. The normalized spacial score (nSPS) is 11.2. The van der Waals surface area contributed by atoms with Crippen molar-refractivity contribution in [1.82, 2.24) is 15.1 Å². The third kappa shape index (κ3) is 5.29. The van der Waals surface area contributed by atoms with Gasteiger partial charge >= 0.3 is 18.2 Å². The second kappa shape index (κ2) is 8.70. The van der Waals surface area contributed by atoms with Crippen LogP contribution in [0.3, 0.4) is 0 Å². The summed E-state index contributed by atoms with van der Waals surface area (Å²) in [6.45, 7) is 2.96. The van der Waals surface area contributed by atoms with Crippen molar-refractivity contribution in [1.29, 1.82) is 0 Å². The predicted octanol–water partition coefficient (Wildman–Crippen LogP) is 4.43. The van der Waals surface area contributed by atoms with E-state index in [1.54, 1.807) is 6.92 Å². The maximum atomic E-state index is 12.8. The number of rotatable bonds is 5. The Hall–Kier alpha value is -2.46. The Morgan fingerprint density at radius 1 is 1.21 bits per heavy atom. The molecule has 2 rings (SSSR count). The summed E-state index contributed by atoms with van der Waals surface area (Å²) in [6.07, 6.45) is -4.62. The van der Waals surface area contributed by atoms with Crippen molar-refractivity contribution >= 4 is 35.2 Å². The lowest BCUT2D eigenvalue weighted by atomic mass is 10.2. The van der Waals surface area contributed by atoms with Crippen LogP contribution in [-0.2, 0) is 15.7 Å². The number of benzene rings is 1. The summed E-state index contributed by atoms with van der Waals surface area (Å²) in [6, 6.07) is 1.94. The first kappa shape index (κ1) is 21.8. The van der Waals surface area contributed by atoms with E-state index < -0.39 is 23.7 Å². The minimum atomic E-state index is -4.62. The summed E-state index contributed by atoms with van der Waals surface area (Å²) in [7, 11) is 0. The number of carbonyl (C=O) groups is 2. The van der Waals surface area contributed by atoms with Gasteiger partial charge in [-0.1, -0.05) is 23.2 Å². The van der Waals surface area contributed by atoms with Crippen LogP contribution < -0.4 is 10.1 Å². The van der Waals surface area contributed by atoms with E-state index >= 15 is 0 Å². The minimum absolute atomic E-state index is 0.132. The molecule has 0 aliphatic rings. The van der Waals surface area contributed by atoms with Crippen LogP contribution in [-0.4, -0.2) is 34.9 Å². The van der Waals surface area contributed by atoms with Crippen molar-refractivity contribution in [3.8, 4) is 11.6 Å². The van der Waals surface area contributed by atoms with Crippen molar-refractivity contribution in [3.63, 3.8) is 0 Å². The number of aromatic nitrogens is 2. The highest BCUT2D eigenvalue weighted by Gasteiger charge is 2.32. The van der Waals surface area contributed by atoms with Crippen LogP contribution >= 0.6 is 23.2 Å². The maximum absolute atomic E-state index is 12.8. The molecule has 0 spiro atoms. The molecule has 1 N–H and O–H groups in total. The zero-order valence-electron chi connectivity index (χ0n) is 14.6. The Balaban J connectivity index is 2.18. The molecule has 1 aromatic heterocycles. The molecule has 7 nitrogen and oxygen atoms in total. The molecule has 0 unspecified atom stereocenters. The summed E-state index contributed by atoms with van der Waals surface area (Å²) >= 11 is 11.7. The second-order valence-electron chi connectivity index (χ2n) is 5.37. The van der Waals surface area contributed by atoms with Crippen LogP contribution in [0.2, 0.25) is 10.0 Å². The fraction of sp³-hybridized carbons (Fsp3) is 0.312. The van der Waals surface area contributed by atoms with Gasteiger partial charge in [-0.2, -0.15) is 17.9 Å². The van der Waals surface area contributed by atoms with E-state index in [-0.39, 0.29) is 34.8 Å². The average Bonchev–Trinajstić information content (AvgIpc) is 2.96. The van der Waals surface area contributed by atoms with Crippen LogP contribution in [0.1, 0.15) is 18.2 Å². The van der Waals surface area contributed by atoms with Gasteiger partial charge in [0.05, 0.1) is 27.9 Å². The van der Waals surface area contributed by atoms with Crippen LogP contribution in [0, 0.1) is 6.92 Å². The van der Waals surface area contributed by atoms with Crippen molar-refractivity contribution in [3.05, 3.63) is 39.5 Å². The molecular formula is C16H14Cl2F3N3O4. The molecular weight excluding hydrogens is 426 g/mol. The molecule has 0 bridgehead atoms. The van der Waals surface area contributed by atoms with Gasteiger partial charge in [0.25, 0.3) is 0 Å². The van der Waals surface area contributed by atoms with Gasteiger partial charge in [0.15, 0.2) is 5.75 Å². The summed E-state index contributed by atoms with van der Waals surface area (Å²) in [5.74, 6) is -0.999. The SMILES string of the molecule is CCOC(=O)CNC(=O)n1nc(Oc2c(Cl)cc(C(F)(F)F)cc2Cl)cc1C. The summed E-state index contributed by atoms with van der Waals surface area (Å²) < 4.78 is 49.3. The Labute approximate surface area is 167 Å². The van der Waals surface area contributed by atoms with E-state index in [1.165, 1.54) is 13.0 Å². The van der Waals surface area contributed by atoms with E-state index in [2.05, 4.69) is 15.2 Å². The molecule has 0 saturated carbocycles. The van der Waals surface area contributed by atoms with E-state index in [4.69, 9.17) is 27.9 Å². The number of ether oxygens (including phenoxy) is 2. The number of nitrogens with one attached hydrogen (secondary N) is 1. The van der Waals surface area contributed by atoms with Crippen molar-refractivity contribution < 1.29 is 32.2 Å². The highest BCUT2D eigenvalue weighted by atomic mass is 35.5. The van der Waals surface area contributed by atoms with E-state index in [0.717, 1.165) is 4.68 Å². The number of esters is 1. The Morgan fingerprint density at radius 3 is 2.36 bits per heavy atom. The quantitative estimate of drug-likeness (QED) is 0.696. The lowest BCUT2D eigenvalue weighted by molar-refractivity contribution is -0.141. The topological polar surface area (TPSA) is 82.5 Å². The highest BCUT2D eigenvalue weighted by Crippen LogP contribution is 2.41. The molecule has 0 aliphatic heterocycles. The highest BCUT2D eigenvalue weighted by molar-refractivity contribution is 6.37. The van der Waals surface area contributed by atoms with Crippen LogP contribution in [0.4, 0.5) is 18.0 Å². The van der Waals surface area contributed by atoms with Gasteiger partial charge in [-0.3, -0.25) is 4.79 Å². The molecule has 12 heteroatoms. The first-order valence-corrected chi connectivity index (χ1v) is 8.53. The third-order valence-electron chi connectivity index (χ3n) is 3.28. The molecule has 0 saturated heterocycles. The molecule has 0 atom stereocenters. The predicted molar refractivity (Wildman–Crippen MR) is 93.9 cm³/mol. The number of nitrogens with zero attached hydrogens (tertiary/aromatic N) is 2. The van der Waals surface area contributed by atoms with Crippen LogP contribution in [0.5, 0.6) is 11.6 Å². The Bertz CT molecular complexity index is 877. The molecule has 0 aliphatic carbocycles. The van der Waals surface area contributed by atoms with Crippen molar-refractivity contribution in [2.45, 2.75) is 20.0 Å². The van der Waals surface area contributed by atoms with Gasteiger partial charge in [-0.05, 0) is 26.0 Å². The molecule has 1 amide bonds. The lowest BCUT2D eigenvalue weighted by Gasteiger charge is -2.11. The van der Waals surface area contributed by atoms with Gasteiger partial charge in [0.2, 0.25) is 5.88 Å². The average molecular weight is 440 g/mol.